The van der Waals surface area contributed by atoms with Crippen molar-refractivity contribution < 1.29 is 0 Å². The Balaban J connectivity index is 2.03. The highest BCUT2D eigenvalue weighted by Gasteiger charge is 2.30. The van der Waals surface area contributed by atoms with Gasteiger partial charge < -0.3 is 10.2 Å². The van der Waals surface area contributed by atoms with Gasteiger partial charge in [-0.2, -0.15) is 5.10 Å². The molecule has 0 saturated carbocycles. The minimum atomic E-state index is 0.393. The van der Waals surface area contributed by atoms with Crippen LogP contribution in [0.15, 0.2) is 17.4 Å². The van der Waals surface area contributed by atoms with E-state index in [1.807, 2.05) is 24.1 Å². The minimum absolute atomic E-state index is 0.393. The van der Waals surface area contributed by atoms with Crippen molar-refractivity contribution in [2.24, 2.45) is 17.5 Å². The van der Waals surface area contributed by atoms with Gasteiger partial charge in [0.1, 0.15) is 0 Å². The summed E-state index contributed by atoms with van der Waals surface area (Å²) in [6.07, 6.45) is 5.12. The number of guanidine groups is 1. The van der Waals surface area contributed by atoms with Gasteiger partial charge in [0, 0.05) is 38.4 Å². The molecule has 1 aliphatic heterocycles. The normalized spacial score (nSPS) is 18.9. The van der Waals surface area contributed by atoms with Crippen LogP contribution in [0.4, 0.5) is 0 Å². The Morgan fingerprint density at radius 2 is 2.32 bits per heavy atom. The van der Waals surface area contributed by atoms with E-state index in [1.165, 1.54) is 6.42 Å². The highest BCUT2D eigenvalue weighted by molar-refractivity contribution is 5.80. The molecule has 0 bridgehead atoms. The molecule has 1 saturated heterocycles. The van der Waals surface area contributed by atoms with Crippen molar-refractivity contribution in [2.75, 3.05) is 19.6 Å². The second-order valence-electron chi connectivity index (χ2n) is 6.03. The topological polar surface area (TPSA) is 45.5 Å². The Hall–Kier alpha value is -1.52. The molecule has 1 aromatic rings. The third-order valence-electron chi connectivity index (χ3n) is 3.48. The number of aliphatic imine (C=N–C) groups is 1. The molecule has 2 rings (SSSR count). The largest absolute Gasteiger partial charge is 0.357 e. The quantitative estimate of drug-likeness (QED) is 0.666. The maximum atomic E-state index is 4.72. The van der Waals surface area contributed by atoms with Crippen molar-refractivity contribution in [3.8, 4) is 0 Å². The third kappa shape index (κ3) is 3.72. The zero-order valence-corrected chi connectivity index (χ0v) is 12.5. The average Bonchev–Trinajstić information content (AvgIpc) is 2.91. The van der Waals surface area contributed by atoms with Gasteiger partial charge in [-0.15, -0.1) is 0 Å². The molecule has 1 N–H and O–H groups in total. The number of aryl methyl sites for hydroxylation is 1. The van der Waals surface area contributed by atoms with E-state index in [2.05, 4.69) is 36.1 Å². The monoisotopic (exact) mass is 263 g/mol. The summed E-state index contributed by atoms with van der Waals surface area (Å²) in [5, 5.41) is 7.56. The number of nitrogens with zero attached hydrogens (tertiary/aromatic N) is 4. The van der Waals surface area contributed by atoms with Crippen LogP contribution in [0.2, 0.25) is 0 Å². The van der Waals surface area contributed by atoms with Crippen LogP contribution in [0.5, 0.6) is 0 Å². The molecule has 0 spiro atoms. The predicted molar refractivity (Wildman–Crippen MR) is 78.0 cm³/mol. The lowest BCUT2D eigenvalue weighted by Crippen LogP contribution is -2.40. The molecule has 0 radical (unpaired) electrons. The van der Waals surface area contributed by atoms with Crippen LogP contribution in [0.25, 0.3) is 0 Å². The molecule has 106 valence electrons. The van der Waals surface area contributed by atoms with Gasteiger partial charge >= 0.3 is 0 Å². The summed E-state index contributed by atoms with van der Waals surface area (Å²) in [7, 11) is 1.93. The molecule has 2 heterocycles. The van der Waals surface area contributed by atoms with E-state index in [-0.39, 0.29) is 0 Å². The van der Waals surface area contributed by atoms with Crippen LogP contribution < -0.4 is 5.32 Å². The van der Waals surface area contributed by atoms with Crippen LogP contribution in [0.3, 0.4) is 0 Å². The van der Waals surface area contributed by atoms with E-state index < -0.39 is 0 Å². The predicted octanol–water partition coefficient (Wildman–Crippen LogP) is 1.62. The first-order chi connectivity index (χ1) is 9.00. The van der Waals surface area contributed by atoms with Crippen LogP contribution in [-0.4, -0.2) is 40.3 Å². The van der Waals surface area contributed by atoms with Gasteiger partial charge in [-0.05, 0) is 18.8 Å². The lowest BCUT2D eigenvalue weighted by Gasteiger charge is -2.23. The summed E-state index contributed by atoms with van der Waals surface area (Å²) < 4.78 is 1.82. The molecule has 0 unspecified atom stereocenters. The van der Waals surface area contributed by atoms with E-state index in [1.54, 1.807) is 0 Å². The molecule has 1 aromatic heterocycles. The van der Waals surface area contributed by atoms with Gasteiger partial charge in [0.15, 0.2) is 5.96 Å². The fourth-order valence-corrected chi connectivity index (χ4v) is 2.44. The molecule has 5 nitrogen and oxygen atoms in total. The smallest absolute Gasteiger partial charge is 0.194 e. The lowest BCUT2D eigenvalue weighted by atomic mass is 9.93. The van der Waals surface area contributed by atoms with Crippen molar-refractivity contribution >= 4 is 5.96 Å². The fraction of sp³-hybridized carbons (Fsp3) is 0.714. The van der Waals surface area contributed by atoms with Crippen molar-refractivity contribution in [1.82, 2.24) is 20.0 Å². The van der Waals surface area contributed by atoms with E-state index in [4.69, 9.17) is 4.99 Å². The highest BCUT2D eigenvalue weighted by atomic mass is 15.3. The summed E-state index contributed by atoms with van der Waals surface area (Å²) >= 11 is 0. The van der Waals surface area contributed by atoms with Gasteiger partial charge in [0.05, 0.1) is 12.7 Å². The molecule has 1 fully saturated rings. The molecule has 0 aromatic carbocycles. The fourth-order valence-electron chi connectivity index (χ4n) is 2.44. The molecule has 0 atom stereocenters. The van der Waals surface area contributed by atoms with Crippen LogP contribution >= 0.6 is 0 Å². The number of hydrogen-bond donors (Lipinski definition) is 1. The van der Waals surface area contributed by atoms with Crippen LogP contribution in [-0.2, 0) is 13.6 Å². The standard InChI is InChI=1S/C14H25N5/c1-5-15-13(19-7-6-14(2,3)11-19)16-8-12-9-17-18(4)10-12/h9-10H,5-8,11H2,1-4H3,(H,15,16). The Morgan fingerprint density at radius 1 is 1.53 bits per heavy atom. The third-order valence-corrected chi connectivity index (χ3v) is 3.48. The molecule has 0 aliphatic carbocycles. The highest BCUT2D eigenvalue weighted by Crippen LogP contribution is 2.28. The summed E-state index contributed by atoms with van der Waals surface area (Å²) in [5.41, 5.74) is 1.54. The summed E-state index contributed by atoms with van der Waals surface area (Å²) in [4.78, 5) is 7.08. The maximum Gasteiger partial charge on any atom is 0.194 e. The molecule has 19 heavy (non-hydrogen) atoms. The second kappa shape index (κ2) is 5.63. The van der Waals surface area contributed by atoms with Gasteiger partial charge in [0.25, 0.3) is 0 Å². The minimum Gasteiger partial charge on any atom is -0.357 e. The van der Waals surface area contributed by atoms with Crippen molar-refractivity contribution in [3.63, 3.8) is 0 Å². The van der Waals surface area contributed by atoms with Crippen molar-refractivity contribution in [3.05, 3.63) is 18.0 Å². The second-order valence-corrected chi connectivity index (χ2v) is 6.03. The van der Waals surface area contributed by atoms with Crippen molar-refractivity contribution in [2.45, 2.75) is 33.7 Å². The molecular weight excluding hydrogens is 238 g/mol. The first-order valence-corrected chi connectivity index (χ1v) is 7.01. The van der Waals surface area contributed by atoms with E-state index in [9.17, 15) is 0 Å². The van der Waals surface area contributed by atoms with Gasteiger partial charge in [-0.25, -0.2) is 4.99 Å². The Labute approximate surface area is 115 Å². The molecule has 0 amide bonds. The van der Waals surface area contributed by atoms with Crippen LogP contribution in [0, 0.1) is 5.41 Å². The molecule has 5 heteroatoms. The Kier molecular flexibility index (Phi) is 4.12. The Bertz CT molecular complexity index is 446. The lowest BCUT2D eigenvalue weighted by molar-refractivity contribution is 0.370. The Morgan fingerprint density at radius 3 is 2.84 bits per heavy atom. The first kappa shape index (κ1) is 13.9. The summed E-state index contributed by atoms with van der Waals surface area (Å²) in [6, 6.07) is 0. The van der Waals surface area contributed by atoms with Gasteiger partial charge in [-0.1, -0.05) is 13.8 Å². The number of nitrogens with one attached hydrogen (secondary N) is 1. The zero-order chi connectivity index (χ0) is 13.9. The summed E-state index contributed by atoms with van der Waals surface area (Å²) in [5.74, 6) is 1.02. The van der Waals surface area contributed by atoms with E-state index >= 15 is 0 Å². The SMILES string of the molecule is CCNC(=NCc1cnn(C)c1)N1CCC(C)(C)C1. The maximum absolute atomic E-state index is 4.72. The number of hydrogen-bond acceptors (Lipinski definition) is 2. The van der Waals surface area contributed by atoms with Gasteiger partial charge in [0.2, 0.25) is 0 Å². The number of rotatable bonds is 3. The first-order valence-electron chi connectivity index (χ1n) is 7.01. The zero-order valence-electron chi connectivity index (χ0n) is 12.5. The number of aromatic nitrogens is 2. The molecular formula is C14H25N5. The molecule has 1 aliphatic rings. The van der Waals surface area contributed by atoms with E-state index in [0.29, 0.717) is 12.0 Å². The van der Waals surface area contributed by atoms with Crippen molar-refractivity contribution in [1.29, 1.82) is 0 Å². The summed E-state index contributed by atoms with van der Waals surface area (Å²) in [6.45, 7) is 10.5. The van der Waals surface area contributed by atoms with E-state index in [0.717, 1.165) is 31.2 Å². The average molecular weight is 263 g/mol. The van der Waals surface area contributed by atoms with Crippen LogP contribution in [0.1, 0.15) is 32.8 Å². The van der Waals surface area contributed by atoms with Gasteiger partial charge in [-0.3, -0.25) is 4.68 Å². The number of likely N-dealkylation sites (tertiary alicyclic amines) is 1.